The van der Waals surface area contributed by atoms with Gasteiger partial charge < -0.3 is 9.47 Å². The number of fused-ring (bicyclic) bond motifs is 1. The molecule has 0 aromatic carbocycles. The number of aromatic nitrogens is 2. The van der Waals surface area contributed by atoms with Crippen LogP contribution in [-0.4, -0.2) is 58.0 Å². The molecule has 0 bridgehead atoms. The first-order valence-corrected chi connectivity index (χ1v) is 9.16. The summed E-state index contributed by atoms with van der Waals surface area (Å²) >= 11 is 1.33. The molecule has 2 aromatic rings. The van der Waals surface area contributed by atoms with E-state index in [1.54, 1.807) is 7.05 Å². The Morgan fingerprint density at radius 3 is 2.58 bits per heavy atom. The third kappa shape index (κ3) is 3.10. The van der Waals surface area contributed by atoms with Gasteiger partial charge in [0.25, 0.3) is 11.5 Å². The normalized spacial score (nSPS) is 16.3. The number of thiophene rings is 1. The van der Waals surface area contributed by atoms with E-state index in [9.17, 15) is 9.59 Å². The third-order valence-electron chi connectivity index (χ3n) is 4.49. The minimum Gasteiger partial charge on any atom is -0.335 e. The van der Waals surface area contributed by atoms with Crippen molar-refractivity contribution in [2.75, 3.05) is 32.7 Å². The zero-order chi connectivity index (χ0) is 17.4. The lowest BCUT2D eigenvalue weighted by atomic mass is 10.1. The molecule has 1 fully saturated rings. The maximum Gasteiger partial charge on any atom is 0.264 e. The minimum absolute atomic E-state index is 0.0294. The van der Waals surface area contributed by atoms with Gasteiger partial charge in [-0.3, -0.25) is 14.5 Å². The van der Waals surface area contributed by atoms with Crippen LogP contribution in [0.5, 0.6) is 0 Å². The Hall–Kier alpha value is -1.73. The highest BCUT2D eigenvalue weighted by Crippen LogP contribution is 2.28. The first-order chi connectivity index (χ1) is 11.4. The summed E-state index contributed by atoms with van der Waals surface area (Å²) in [5, 5.41) is 0.576. The number of carbonyl (C=O) groups is 1. The molecule has 1 aliphatic rings. The lowest BCUT2D eigenvalue weighted by Gasteiger charge is -2.35. The summed E-state index contributed by atoms with van der Waals surface area (Å²) in [6.45, 7) is 10.7. The molecule has 3 heterocycles. The monoisotopic (exact) mass is 348 g/mol. The molecule has 0 radical (unpaired) electrons. The van der Waals surface area contributed by atoms with Crippen LogP contribution in [0.4, 0.5) is 0 Å². The zero-order valence-electron chi connectivity index (χ0n) is 14.7. The molecule has 0 aliphatic carbocycles. The Kier molecular flexibility index (Phi) is 4.73. The van der Waals surface area contributed by atoms with Crippen molar-refractivity contribution < 1.29 is 4.79 Å². The standard InChI is InChI=1S/C17H24N4O2S/c1-11(2)9-20-5-7-21(8-6-20)17(23)14-12(3)13-15(24-14)18-10-19(4)16(13)22/h10-11H,5-9H2,1-4H3. The number of carbonyl (C=O) groups excluding carboxylic acids is 1. The predicted molar refractivity (Wildman–Crippen MR) is 96.8 cm³/mol. The van der Waals surface area contributed by atoms with Crippen molar-refractivity contribution in [2.45, 2.75) is 20.8 Å². The van der Waals surface area contributed by atoms with Crippen molar-refractivity contribution >= 4 is 27.5 Å². The summed E-state index contributed by atoms with van der Waals surface area (Å²) in [7, 11) is 1.68. The topological polar surface area (TPSA) is 58.4 Å². The fraction of sp³-hybridized carbons (Fsp3) is 0.588. The van der Waals surface area contributed by atoms with Gasteiger partial charge in [0.15, 0.2) is 0 Å². The second-order valence-corrected chi connectivity index (χ2v) is 7.88. The molecule has 130 valence electrons. The van der Waals surface area contributed by atoms with E-state index in [-0.39, 0.29) is 11.5 Å². The van der Waals surface area contributed by atoms with E-state index >= 15 is 0 Å². The van der Waals surface area contributed by atoms with Crippen molar-refractivity contribution in [2.24, 2.45) is 13.0 Å². The zero-order valence-corrected chi connectivity index (χ0v) is 15.5. The molecule has 6 nitrogen and oxygen atoms in total. The minimum atomic E-state index is -0.0884. The Labute approximate surface area is 145 Å². The van der Waals surface area contributed by atoms with Gasteiger partial charge in [-0.1, -0.05) is 13.8 Å². The van der Waals surface area contributed by atoms with Gasteiger partial charge in [-0.05, 0) is 18.4 Å². The van der Waals surface area contributed by atoms with Crippen LogP contribution in [0.1, 0.15) is 29.1 Å². The van der Waals surface area contributed by atoms with Gasteiger partial charge in [0.05, 0.1) is 16.6 Å². The Morgan fingerprint density at radius 1 is 1.29 bits per heavy atom. The predicted octanol–water partition coefficient (Wildman–Crippen LogP) is 1.72. The van der Waals surface area contributed by atoms with E-state index in [1.165, 1.54) is 22.2 Å². The highest BCUT2D eigenvalue weighted by atomic mass is 32.1. The Balaban J connectivity index is 1.82. The van der Waals surface area contributed by atoms with Gasteiger partial charge in [0, 0.05) is 39.8 Å². The maximum absolute atomic E-state index is 12.9. The number of aryl methyl sites for hydroxylation is 2. The summed E-state index contributed by atoms with van der Waals surface area (Å²) in [4.78, 5) is 35.1. The molecule has 0 saturated carbocycles. The van der Waals surface area contributed by atoms with Crippen molar-refractivity contribution in [1.82, 2.24) is 19.4 Å². The van der Waals surface area contributed by atoms with E-state index in [0.717, 1.165) is 38.3 Å². The van der Waals surface area contributed by atoms with E-state index < -0.39 is 0 Å². The van der Waals surface area contributed by atoms with E-state index in [2.05, 4.69) is 23.7 Å². The average molecular weight is 348 g/mol. The van der Waals surface area contributed by atoms with Crippen molar-refractivity contribution in [3.8, 4) is 0 Å². The van der Waals surface area contributed by atoms with Crippen LogP contribution < -0.4 is 5.56 Å². The largest absolute Gasteiger partial charge is 0.335 e. The van der Waals surface area contributed by atoms with Gasteiger partial charge in [-0.2, -0.15) is 0 Å². The third-order valence-corrected chi connectivity index (χ3v) is 5.68. The molecule has 3 rings (SSSR count). The fourth-order valence-electron chi connectivity index (χ4n) is 3.21. The lowest BCUT2D eigenvalue weighted by molar-refractivity contribution is 0.0628. The fourth-order valence-corrected chi connectivity index (χ4v) is 4.31. The smallest absolute Gasteiger partial charge is 0.264 e. The highest BCUT2D eigenvalue weighted by Gasteiger charge is 2.26. The molecule has 1 amide bonds. The second-order valence-electron chi connectivity index (χ2n) is 6.88. The molecular weight excluding hydrogens is 324 g/mol. The molecule has 24 heavy (non-hydrogen) atoms. The second kappa shape index (κ2) is 6.64. The SMILES string of the molecule is Cc1c(C(=O)N2CCN(CC(C)C)CC2)sc2ncn(C)c(=O)c12. The first kappa shape index (κ1) is 17.1. The van der Waals surface area contributed by atoms with E-state index in [0.29, 0.717) is 21.0 Å². The number of hydrogen-bond acceptors (Lipinski definition) is 5. The molecular formula is C17H24N4O2S. The van der Waals surface area contributed by atoms with E-state index in [1.807, 2.05) is 11.8 Å². The van der Waals surface area contributed by atoms with Crippen LogP contribution >= 0.6 is 11.3 Å². The van der Waals surface area contributed by atoms with Crippen LogP contribution in [0.25, 0.3) is 10.2 Å². The summed E-state index contributed by atoms with van der Waals surface area (Å²) < 4.78 is 1.46. The first-order valence-electron chi connectivity index (χ1n) is 8.35. The molecule has 1 saturated heterocycles. The number of hydrogen-bond donors (Lipinski definition) is 0. The van der Waals surface area contributed by atoms with Crippen LogP contribution in [0.2, 0.25) is 0 Å². The van der Waals surface area contributed by atoms with Crippen molar-refractivity contribution in [3.63, 3.8) is 0 Å². The summed E-state index contributed by atoms with van der Waals surface area (Å²) in [6.07, 6.45) is 1.51. The summed E-state index contributed by atoms with van der Waals surface area (Å²) in [6, 6.07) is 0. The Bertz CT molecular complexity index is 816. The van der Waals surface area contributed by atoms with E-state index in [4.69, 9.17) is 0 Å². The van der Waals surface area contributed by atoms with Crippen LogP contribution in [0.15, 0.2) is 11.1 Å². The quantitative estimate of drug-likeness (QED) is 0.847. The summed E-state index contributed by atoms with van der Waals surface area (Å²) in [5.74, 6) is 0.668. The number of rotatable bonds is 3. The van der Waals surface area contributed by atoms with Crippen molar-refractivity contribution in [1.29, 1.82) is 0 Å². The molecule has 0 atom stereocenters. The average Bonchev–Trinajstić information content (AvgIpc) is 2.88. The highest BCUT2D eigenvalue weighted by molar-refractivity contribution is 7.20. The number of piperazine rings is 1. The van der Waals surface area contributed by atoms with Gasteiger partial charge in [-0.15, -0.1) is 11.3 Å². The maximum atomic E-state index is 12.9. The van der Waals surface area contributed by atoms with Crippen LogP contribution in [0.3, 0.4) is 0 Å². The molecule has 0 N–H and O–H groups in total. The lowest BCUT2D eigenvalue weighted by Crippen LogP contribution is -2.49. The van der Waals surface area contributed by atoms with Gasteiger partial charge in [-0.25, -0.2) is 4.98 Å². The van der Waals surface area contributed by atoms with Crippen LogP contribution in [-0.2, 0) is 7.05 Å². The van der Waals surface area contributed by atoms with Crippen molar-refractivity contribution in [3.05, 3.63) is 27.1 Å². The number of amides is 1. The molecule has 2 aromatic heterocycles. The molecule has 0 unspecified atom stereocenters. The molecule has 1 aliphatic heterocycles. The number of nitrogens with zero attached hydrogens (tertiary/aromatic N) is 4. The van der Waals surface area contributed by atoms with Gasteiger partial charge >= 0.3 is 0 Å². The molecule has 7 heteroatoms. The molecule has 0 spiro atoms. The Morgan fingerprint density at radius 2 is 1.96 bits per heavy atom. The van der Waals surface area contributed by atoms with Gasteiger partial charge in [0.1, 0.15) is 4.83 Å². The van der Waals surface area contributed by atoms with Gasteiger partial charge in [0.2, 0.25) is 0 Å². The summed E-state index contributed by atoms with van der Waals surface area (Å²) in [5.41, 5.74) is 0.674. The van der Waals surface area contributed by atoms with Crippen LogP contribution in [0, 0.1) is 12.8 Å².